The lowest BCUT2D eigenvalue weighted by Crippen LogP contribution is -2.37. The summed E-state index contributed by atoms with van der Waals surface area (Å²) in [6.07, 6.45) is 3.80. The highest BCUT2D eigenvalue weighted by atomic mass is 19.1. The minimum Gasteiger partial charge on any atom is -0.324 e. The lowest BCUT2D eigenvalue weighted by Gasteiger charge is -2.31. The van der Waals surface area contributed by atoms with E-state index in [1.54, 1.807) is 12.1 Å². The molecule has 4 nitrogen and oxygen atoms in total. The molecule has 4 rings (SSSR count). The zero-order chi connectivity index (χ0) is 19.3. The number of urea groups is 1. The Bertz CT molecular complexity index is 791. The van der Waals surface area contributed by atoms with Gasteiger partial charge in [-0.25, -0.2) is 9.18 Å². The van der Waals surface area contributed by atoms with E-state index in [0.717, 1.165) is 30.9 Å². The summed E-state index contributed by atoms with van der Waals surface area (Å²) in [5, 5.41) is 2.99. The molecule has 2 heterocycles. The van der Waals surface area contributed by atoms with Crippen LogP contribution in [0, 0.1) is 11.7 Å². The third kappa shape index (κ3) is 4.53. The summed E-state index contributed by atoms with van der Waals surface area (Å²) in [4.78, 5) is 17.2. The van der Waals surface area contributed by atoms with E-state index in [9.17, 15) is 9.18 Å². The van der Waals surface area contributed by atoms with Crippen molar-refractivity contribution in [2.24, 2.45) is 5.92 Å². The first-order valence-corrected chi connectivity index (χ1v) is 10.3. The molecule has 2 aliphatic rings. The Morgan fingerprint density at radius 2 is 1.79 bits per heavy atom. The van der Waals surface area contributed by atoms with Gasteiger partial charge in [0.2, 0.25) is 0 Å². The van der Waals surface area contributed by atoms with Gasteiger partial charge in [-0.15, -0.1) is 0 Å². The van der Waals surface area contributed by atoms with E-state index in [2.05, 4.69) is 10.2 Å². The largest absolute Gasteiger partial charge is 0.324 e. The SMILES string of the molecule is O=C(Nc1ccccc1)N1CC(CN2CCCCC2)C(c2cccc(F)c2)C1. The zero-order valence-electron chi connectivity index (χ0n) is 16.2. The number of hydrogen-bond donors (Lipinski definition) is 1. The molecule has 0 bridgehead atoms. The van der Waals surface area contributed by atoms with Crippen molar-refractivity contribution in [2.75, 3.05) is 38.0 Å². The lowest BCUT2D eigenvalue weighted by molar-refractivity contribution is 0.188. The summed E-state index contributed by atoms with van der Waals surface area (Å²) < 4.78 is 13.8. The third-order valence-corrected chi connectivity index (χ3v) is 5.97. The van der Waals surface area contributed by atoms with Crippen molar-refractivity contribution in [1.29, 1.82) is 0 Å². The van der Waals surface area contributed by atoms with Crippen LogP contribution in [0.25, 0.3) is 0 Å². The van der Waals surface area contributed by atoms with Gasteiger partial charge in [-0.2, -0.15) is 0 Å². The van der Waals surface area contributed by atoms with E-state index in [-0.39, 0.29) is 17.8 Å². The Morgan fingerprint density at radius 1 is 1.00 bits per heavy atom. The number of amides is 2. The molecule has 2 fully saturated rings. The molecule has 148 valence electrons. The van der Waals surface area contributed by atoms with Crippen LogP contribution >= 0.6 is 0 Å². The minimum atomic E-state index is -0.207. The minimum absolute atomic E-state index is 0.0752. The van der Waals surface area contributed by atoms with Gasteiger partial charge in [0.25, 0.3) is 0 Å². The summed E-state index contributed by atoms with van der Waals surface area (Å²) in [5.74, 6) is 0.280. The van der Waals surface area contributed by atoms with Crippen LogP contribution in [0.1, 0.15) is 30.7 Å². The fourth-order valence-corrected chi connectivity index (χ4v) is 4.53. The molecule has 2 atom stereocenters. The highest BCUT2D eigenvalue weighted by Gasteiger charge is 2.37. The Labute approximate surface area is 166 Å². The van der Waals surface area contributed by atoms with Gasteiger partial charge in [0.15, 0.2) is 0 Å². The molecule has 5 heteroatoms. The predicted octanol–water partition coefficient (Wildman–Crippen LogP) is 4.56. The lowest BCUT2D eigenvalue weighted by atomic mass is 9.88. The monoisotopic (exact) mass is 381 g/mol. The average Bonchev–Trinajstić information content (AvgIpc) is 3.13. The van der Waals surface area contributed by atoms with E-state index >= 15 is 0 Å². The quantitative estimate of drug-likeness (QED) is 0.843. The number of hydrogen-bond acceptors (Lipinski definition) is 2. The van der Waals surface area contributed by atoms with Crippen molar-refractivity contribution in [3.8, 4) is 0 Å². The second kappa shape index (κ2) is 8.74. The first-order valence-electron chi connectivity index (χ1n) is 10.3. The Morgan fingerprint density at radius 3 is 2.54 bits per heavy atom. The van der Waals surface area contributed by atoms with Gasteiger partial charge in [-0.05, 0) is 61.7 Å². The van der Waals surface area contributed by atoms with Crippen molar-refractivity contribution in [3.63, 3.8) is 0 Å². The number of anilines is 1. The maximum atomic E-state index is 13.8. The van der Waals surface area contributed by atoms with Gasteiger partial charge in [0, 0.05) is 31.2 Å². The molecule has 28 heavy (non-hydrogen) atoms. The number of carbonyl (C=O) groups excluding carboxylic acids is 1. The van der Waals surface area contributed by atoms with Crippen LogP contribution in [0.3, 0.4) is 0 Å². The van der Waals surface area contributed by atoms with Gasteiger partial charge in [-0.1, -0.05) is 36.8 Å². The average molecular weight is 381 g/mol. The first-order chi connectivity index (χ1) is 13.7. The molecule has 0 radical (unpaired) electrons. The van der Waals surface area contributed by atoms with Crippen LogP contribution < -0.4 is 5.32 Å². The number of halogens is 1. The smallest absolute Gasteiger partial charge is 0.321 e. The zero-order valence-corrected chi connectivity index (χ0v) is 16.2. The summed E-state index contributed by atoms with van der Waals surface area (Å²) in [6.45, 7) is 4.55. The van der Waals surface area contributed by atoms with Gasteiger partial charge >= 0.3 is 6.03 Å². The fraction of sp³-hybridized carbons (Fsp3) is 0.435. The van der Waals surface area contributed by atoms with Crippen molar-refractivity contribution >= 4 is 11.7 Å². The number of para-hydroxylation sites is 1. The van der Waals surface area contributed by atoms with E-state index < -0.39 is 0 Å². The summed E-state index contributed by atoms with van der Waals surface area (Å²) in [6, 6.07) is 16.3. The molecule has 0 spiro atoms. The molecule has 0 aliphatic carbocycles. The van der Waals surface area contributed by atoms with Crippen LogP contribution in [-0.4, -0.2) is 48.6 Å². The first kappa shape index (κ1) is 18.9. The summed E-state index contributed by atoms with van der Waals surface area (Å²) in [7, 11) is 0. The van der Waals surface area contributed by atoms with E-state index in [1.165, 1.54) is 25.3 Å². The fourth-order valence-electron chi connectivity index (χ4n) is 4.53. The van der Waals surface area contributed by atoms with Crippen LogP contribution in [0.15, 0.2) is 54.6 Å². The van der Waals surface area contributed by atoms with Crippen molar-refractivity contribution in [3.05, 3.63) is 66.0 Å². The number of nitrogens with zero attached hydrogens (tertiary/aromatic N) is 2. The molecule has 2 aromatic rings. The number of carbonyl (C=O) groups is 1. The van der Waals surface area contributed by atoms with Crippen molar-refractivity contribution in [2.45, 2.75) is 25.2 Å². The normalized spacial score (nSPS) is 23.0. The highest BCUT2D eigenvalue weighted by Crippen LogP contribution is 2.34. The Kier molecular flexibility index (Phi) is 5.91. The third-order valence-electron chi connectivity index (χ3n) is 5.97. The van der Waals surface area contributed by atoms with Crippen LogP contribution in [-0.2, 0) is 0 Å². The molecular formula is C23H28FN3O. The maximum Gasteiger partial charge on any atom is 0.321 e. The van der Waals surface area contributed by atoms with Gasteiger partial charge in [0.05, 0.1) is 0 Å². The van der Waals surface area contributed by atoms with E-state index in [0.29, 0.717) is 19.0 Å². The Balaban J connectivity index is 1.49. The van der Waals surface area contributed by atoms with Gasteiger partial charge in [0.1, 0.15) is 5.82 Å². The number of nitrogens with one attached hydrogen (secondary N) is 1. The molecule has 1 N–H and O–H groups in total. The van der Waals surface area contributed by atoms with Crippen molar-refractivity contribution < 1.29 is 9.18 Å². The maximum absolute atomic E-state index is 13.8. The number of rotatable bonds is 4. The van der Waals surface area contributed by atoms with Crippen LogP contribution in [0.5, 0.6) is 0 Å². The molecule has 2 aliphatic heterocycles. The van der Waals surface area contributed by atoms with Crippen molar-refractivity contribution in [1.82, 2.24) is 9.80 Å². The number of likely N-dealkylation sites (tertiary alicyclic amines) is 2. The predicted molar refractivity (Wildman–Crippen MR) is 110 cm³/mol. The Hall–Kier alpha value is -2.40. The van der Waals surface area contributed by atoms with Crippen LogP contribution in [0.2, 0.25) is 0 Å². The van der Waals surface area contributed by atoms with E-state index in [4.69, 9.17) is 0 Å². The molecule has 2 aromatic carbocycles. The molecule has 0 saturated carbocycles. The van der Waals surface area contributed by atoms with Crippen LogP contribution in [0.4, 0.5) is 14.9 Å². The molecule has 0 aromatic heterocycles. The standard InChI is InChI=1S/C23H28FN3O/c24-20-9-7-8-18(14-20)22-17-27(23(28)25-21-10-3-1-4-11-21)16-19(22)15-26-12-5-2-6-13-26/h1,3-4,7-11,14,19,22H,2,5-6,12-13,15-17H2,(H,25,28). The van der Waals surface area contributed by atoms with Gasteiger partial charge in [-0.3, -0.25) is 0 Å². The second-order valence-electron chi connectivity index (χ2n) is 7.98. The second-order valence-corrected chi connectivity index (χ2v) is 7.98. The molecular weight excluding hydrogens is 353 g/mol. The molecule has 2 amide bonds. The van der Waals surface area contributed by atoms with E-state index in [1.807, 2.05) is 41.3 Å². The summed E-state index contributed by atoms with van der Waals surface area (Å²) in [5.41, 5.74) is 1.80. The number of benzene rings is 2. The number of piperidine rings is 1. The highest BCUT2D eigenvalue weighted by molar-refractivity contribution is 5.89. The topological polar surface area (TPSA) is 35.6 Å². The van der Waals surface area contributed by atoms with Gasteiger partial charge < -0.3 is 15.1 Å². The summed E-state index contributed by atoms with van der Waals surface area (Å²) >= 11 is 0. The molecule has 2 saturated heterocycles. The molecule has 2 unspecified atom stereocenters.